The Balaban J connectivity index is 1.30. The quantitative estimate of drug-likeness (QED) is 0.261. The zero-order valence-corrected chi connectivity index (χ0v) is 26.5. The predicted octanol–water partition coefficient (Wildman–Crippen LogP) is 4.39. The number of anilines is 1. The van der Waals surface area contributed by atoms with Crippen LogP contribution in [0, 0.1) is 23.0 Å². The zero-order chi connectivity index (χ0) is 34.5. The Hall–Kier alpha value is -5.45. The maximum Gasteiger partial charge on any atom is 0.306 e. The number of nitrogens with zero attached hydrogens (tertiary/aromatic N) is 6. The van der Waals surface area contributed by atoms with Crippen LogP contribution in [-0.4, -0.2) is 68.4 Å². The fourth-order valence-electron chi connectivity index (χ4n) is 6.04. The number of rotatable bonds is 9. The van der Waals surface area contributed by atoms with E-state index >= 15 is 8.78 Å². The van der Waals surface area contributed by atoms with Crippen molar-refractivity contribution >= 4 is 34.6 Å². The molecule has 0 unspecified atom stereocenters. The third kappa shape index (κ3) is 6.15. The second-order valence-electron chi connectivity index (χ2n) is 12.9. The van der Waals surface area contributed by atoms with Gasteiger partial charge >= 0.3 is 5.97 Å². The fourth-order valence-corrected chi connectivity index (χ4v) is 6.04. The molecule has 2 aliphatic rings. The molecule has 11 nitrogen and oxygen atoms in total. The number of halogens is 3. The molecule has 2 aromatic carbocycles. The molecule has 248 valence electrons. The smallest absolute Gasteiger partial charge is 0.306 e. The molecule has 1 fully saturated rings. The van der Waals surface area contributed by atoms with Crippen LogP contribution in [0.25, 0.3) is 22.2 Å². The van der Waals surface area contributed by atoms with E-state index in [1.54, 1.807) is 39.0 Å². The summed E-state index contributed by atoms with van der Waals surface area (Å²) in [7, 11) is 0. The SMILES string of the molecule is CC(C)(C)OC(=O)CC[C@@H](C(N)=O)N1Cc2cc(Cn3ncc4c(-c5ccc(C#N)cc5F)c(F)c(N5CC(F)C5)nc43)ccc2C1=O. The van der Waals surface area contributed by atoms with Gasteiger partial charge in [-0.15, -0.1) is 0 Å². The van der Waals surface area contributed by atoms with Crippen LogP contribution < -0.4 is 10.6 Å². The lowest BCUT2D eigenvalue weighted by Crippen LogP contribution is -2.49. The van der Waals surface area contributed by atoms with E-state index in [1.165, 1.54) is 32.8 Å². The topological polar surface area (TPSA) is 147 Å². The number of carbonyl (C=O) groups is 3. The van der Waals surface area contributed by atoms with Crippen LogP contribution in [0.3, 0.4) is 0 Å². The molecule has 0 bridgehead atoms. The number of nitriles is 1. The maximum atomic E-state index is 16.0. The van der Waals surface area contributed by atoms with Gasteiger partial charge in [0, 0.05) is 29.7 Å². The number of hydrogen-bond donors (Lipinski definition) is 1. The molecule has 4 aromatic rings. The lowest BCUT2D eigenvalue weighted by Gasteiger charge is -2.35. The first-order valence-electron chi connectivity index (χ1n) is 15.3. The average molecular weight is 660 g/mol. The summed E-state index contributed by atoms with van der Waals surface area (Å²) in [4.78, 5) is 45.2. The number of fused-ring (bicyclic) bond motifs is 2. The summed E-state index contributed by atoms with van der Waals surface area (Å²) in [6.07, 6.45) is 0.123. The van der Waals surface area contributed by atoms with E-state index in [9.17, 15) is 24.0 Å². The van der Waals surface area contributed by atoms with Gasteiger partial charge in [0.25, 0.3) is 5.91 Å². The molecular weight excluding hydrogens is 627 g/mol. The highest BCUT2D eigenvalue weighted by Crippen LogP contribution is 2.38. The minimum absolute atomic E-state index is 0.00298. The lowest BCUT2D eigenvalue weighted by molar-refractivity contribution is -0.155. The Morgan fingerprint density at radius 2 is 1.88 bits per heavy atom. The largest absolute Gasteiger partial charge is 0.460 e. The van der Waals surface area contributed by atoms with Crippen LogP contribution in [0.2, 0.25) is 0 Å². The summed E-state index contributed by atoms with van der Waals surface area (Å²) >= 11 is 0. The molecule has 2 aromatic heterocycles. The molecule has 1 saturated heterocycles. The summed E-state index contributed by atoms with van der Waals surface area (Å²) in [5, 5.41) is 13.8. The van der Waals surface area contributed by atoms with E-state index in [0.717, 1.165) is 6.07 Å². The second-order valence-corrected chi connectivity index (χ2v) is 12.9. The standard InChI is InChI=1S/C34H32F3N7O4/c1-34(2,3)48-27(45)9-8-26(30(39)46)43-15-20-10-19(5-6-22(20)33(43)47)14-44-31-24(13-40-44)28(23-7-4-18(12-38)11-25(23)36)29(37)32(41-31)42-16-21(35)17-42/h4-7,10-11,13,21,26H,8-9,14-17H2,1-3H3,(H2,39,46)/t26-/m0/s1. The minimum atomic E-state index is -1.15. The number of hydrogen-bond acceptors (Lipinski definition) is 8. The Bertz CT molecular complexity index is 2010. The van der Waals surface area contributed by atoms with Gasteiger partial charge in [-0.25, -0.2) is 22.8 Å². The van der Waals surface area contributed by atoms with Gasteiger partial charge in [-0.1, -0.05) is 12.1 Å². The molecule has 2 aliphatic heterocycles. The number of primary amides is 1. The number of aromatic nitrogens is 3. The number of nitrogens with two attached hydrogens (primary N) is 1. The van der Waals surface area contributed by atoms with E-state index in [1.807, 2.05) is 6.07 Å². The first-order valence-corrected chi connectivity index (χ1v) is 15.3. The van der Waals surface area contributed by atoms with Crippen molar-refractivity contribution in [2.75, 3.05) is 18.0 Å². The van der Waals surface area contributed by atoms with Gasteiger partial charge in [0.05, 0.1) is 42.9 Å². The van der Waals surface area contributed by atoms with Gasteiger partial charge < -0.3 is 20.3 Å². The van der Waals surface area contributed by atoms with Crippen LogP contribution in [-0.2, 0) is 27.4 Å². The number of esters is 1. The van der Waals surface area contributed by atoms with Gasteiger partial charge in [-0.05, 0) is 62.6 Å². The molecular formula is C34H32F3N7O4. The number of pyridine rings is 1. The van der Waals surface area contributed by atoms with Crippen molar-refractivity contribution in [2.45, 2.75) is 64.5 Å². The molecule has 2 amide bonds. The molecule has 1 atom stereocenters. The molecule has 0 saturated carbocycles. The monoisotopic (exact) mass is 659 g/mol. The number of amides is 2. The van der Waals surface area contributed by atoms with Crippen LogP contribution in [0.5, 0.6) is 0 Å². The van der Waals surface area contributed by atoms with Gasteiger partial charge in [0.15, 0.2) is 17.3 Å². The van der Waals surface area contributed by atoms with Crippen LogP contribution in [0.4, 0.5) is 19.0 Å². The van der Waals surface area contributed by atoms with E-state index in [-0.39, 0.29) is 72.6 Å². The molecule has 0 aliphatic carbocycles. The van der Waals surface area contributed by atoms with E-state index in [2.05, 4.69) is 10.1 Å². The van der Waals surface area contributed by atoms with Crippen molar-refractivity contribution in [3.8, 4) is 17.2 Å². The van der Waals surface area contributed by atoms with Crippen LogP contribution in [0.15, 0.2) is 42.6 Å². The van der Waals surface area contributed by atoms with E-state index < -0.39 is 47.2 Å². The fraction of sp³-hybridized carbons (Fsp3) is 0.353. The van der Waals surface area contributed by atoms with Crippen molar-refractivity contribution in [3.63, 3.8) is 0 Å². The third-order valence-electron chi connectivity index (χ3n) is 8.29. The van der Waals surface area contributed by atoms with Gasteiger partial charge in [-0.3, -0.25) is 14.4 Å². The Morgan fingerprint density at radius 3 is 2.52 bits per heavy atom. The normalized spacial score (nSPS) is 15.3. The first kappa shape index (κ1) is 32.5. The molecule has 0 spiro atoms. The van der Waals surface area contributed by atoms with Gasteiger partial charge in [0.1, 0.15) is 23.6 Å². The second kappa shape index (κ2) is 12.3. The third-order valence-corrected chi connectivity index (χ3v) is 8.29. The van der Waals surface area contributed by atoms with Crippen molar-refractivity contribution in [1.82, 2.24) is 19.7 Å². The highest BCUT2D eigenvalue weighted by atomic mass is 19.1. The molecule has 0 radical (unpaired) electrons. The number of ether oxygens (including phenoxy) is 1. The zero-order valence-electron chi connectivity index (χ0n) is 26.5. The van der Waals surface area contributed by atoms with Crippen molar-refractivity contribution in [3.05, 3.63) is 76.5 Å². The summed E-state index contributed by atoms with van der Waals surface area (Å²) in [6, 6.07) is 9.66. The summed E-state index contributed by atoms with van der Waals surface area (Å²) in [5.74, 6) is -3.43. The Labute approximate surface area is 273 Å². The average Bonchev–Trinajstić information content (AvgIpc) is 3.54. The summed E-state index contributed by atoms with van der Waals surface area (Å²) in [6.45, 7) is 5.26. The maximum absolute atomic E-state index is 16.0. The lowest BCUT2D eigenvalue weighted by atomic mass is 10.00. The van der Waals surface area contributed by atoms with Crippen molar-refractivity contribution in [1.29, 1.82) is 5.26 Å². The van der Waals surface area contributed by atoms with Crippen molar-refractivity contribution < 1.29 is 32.3 Å². The van der Waals surface area contributed by atoms with E-state index in [4.69, 9.17) is 10.5 Å². The Kier molecular flexibility index (Phi) is 8.32. The van der Waals surface area contributed by atoms with Crippen LogP contribution in [0.1, 0.15) is 60.7 Å². The molecule has 48 heavy (non-hydrogen) atoms. The number of benzene rings is 2. The number of carbonyl (C=O) groups excluding carboxylic acids is 3. The van der Waals surface area contributed by atoms with Gasteiger partial charge in [0.2, 0.25) is 5.91 Å². The summed E-state index contributed by atoms with van der Waals surface area (Å²) in [5.41, 5.74) is 6.76. The first-order chi connectivity index (χ1) is 22.7. The molecule has 6 rings (SSSR count). The molecule has 14 heteroatoms. The highest BCUT2D eigenvalue weighted by molar-refractivity contribution is 6.01. The van der Waals surface area contributed by atoms with Crippen molar-refractivity contribution in [2.24, 2.45) is 5.73 Å². The van der Waals surface area contributed by atoms with E-state index in [0.29, 0.717) is 16.7 Å². The number of alkyl halides is 1. The highest BCUT2D eigenvalue weighted by Gasteiger charge is 2.36. The van der Waals surface area contributed by atoms with Crippen LogP contribution >= 0.6 is 0 Å². The minimum Gasteiger partial charge on any atom is -0.460 e. The van der Waals surface area contributed by atoms with Gasteiger partial charge in [-0.2, -0.15) is 10.4 Å². The predicted molar refractivity (Wildman–Crippen MR) is 168 cm³/mol. The summed E-state index contributed by atoms with van der Waals surface area (Å²) < 4.78 is 51.8. The molecule has 4 heterocycles. The Morgan fingerprint density at radius 1 is 1.15 bits per heavy atom. The molecule has 2 N–H and O–H groups in total.